The second kappa shape index (κ2) is 14.9. The first-order chi connectivity index (χ1) is 22.0. The van der Waals surface area contributed by atoms with Crippen LogP contribution in [0.5, 0.6) is 0 Å². The molecule has 4 rings (SSSR count). The third-order valence-electron chi connectivity index (χ3n) is 12.7. The first-order valence-electron chi connectivity index (χ1n) is 17.8. The molecule has 0 aromatic heterocycles. The molecule has 47 heavy (non-hydrogen) atoms. The zero-order chi connectivity index (χ0) is 34.8. The van der Waals surface area contributed by atoms with E-state index in [0.29, 0.717) is 36.5 Å². The first kappa shape index (κ1) is 37.2. The van der Waals surface area contributed by atoms with Gasteiger partial charge in [-0.1, -0.05) is 27.7 Å². The van der Waals surface area contributed by atoms with E-state index in [4.69, 9.17) is 23.7 Å². The molecule has 0 amide bonds. The van der Waals surface area contributed by atoms with Crippen molar-refractivity contribution in [1.29, 1.82) is 0 Å². The number of ether oxygens (including phenoxy) is 5. The molecule has 0 aromatic carbocycles. The number of hydrogen-bond acceptors (Lipinski definition) is 10. The Labute approximate surface area is 280 Å². The lowest BCUT2D eigenvalue weighted by atomic mass is 9.44. The minimum atomic E-state index is -0.657. The zero-order valence-corrected chi connectivity index (χ0v) is 30.0. The second-order valence-corrected chi connectivity index (χ2v) is 15.8. The van der Waals surface area contributed by atoms with Crippen LogP contribution in [0.3, 0.4) is 0 Å². The van der Waals surface area contributed by atoms with Gasteiger partial charge in [-0.3, -0.25) is 24.0 Å². The monoisotopic (exact) mass is 662 g/mol. The fraction of sp³-hybridized carbons (Fsp3) is 0.865. The van der Waals surface area contributed by atoms with Crippen molar-refractivity contribution in [3.8, 4) is 0 Å². The van der Waals surface area contributed by atoms with Gasteiger partial charge in [0, 0.05) is 40.5 Å². The van der Waals surface area contributed by atoms with Crippen LogP contribution in [0.15, 0.2) is 0 Å². The minimum absolute atomic E-state index is 0.0243. The number of carbonyl (C=O) groups is 5. The van der Waals surface area contributed by atoms with Crippen LogP contribution in [0.4, 0.5) is 0 Å². The van der Waals surface area contributed by atoms with E-state index in [1.807, 2.05) is 6.92 Å². The summed E-state index contributed by atoms with van der Waals surface area (Å²) in [6, 6.07) is 0. The van der Waals surface area contributed by atoms with Crippen molar-refractivity contribution < 1.29 is 47.7 Å². The highest BCUT2D eigenvalue weighted by atomic mass is 16.6. The molecule has 0 heterocycles. The van der Waals surface area contributed by atoms with Crippen molar-refractivity contribution >= 4 is 29.8 Å². The first-order valence-corrected chi connectivity index (χ1v) is 17.8. The van der Waals surface area contributed by atoms with E-state index < -0.39 is 36.4 Å². The van der Waals surface area contributed by atoms with Crippen LogP contribution in [0.2, 0.25) is 0 Å². The maximum absolute atomic E-state index is 12.5. The van der Waals surface area contributed by atoms with E-state index in [1.54, 1.807) is 0 Å². The van der Waals surface area contributed by atoms with Crippen molar-refractivity contribution in [2.24, 2.45) is 52.3 Å². The Kier molecular flexibility index (Phi) is 11.7. The van der Waals surface area contributed by atoms with Crippen LogP contribution in [-0.4, -0.2) is 60.9 Å². The minimum Gasteiger partial charge on any atom is -0.466 e. The Balaban J connectivity index is 1.56. The summed E-state index contributed by atoms with van der Waals surface area (Å²) < 4.78 is 28.6. The highest BCUT2D eigenvalue weighted by Crippen LogP contribution is 2.68. The maximum atomic E-state index is 12.5. The third kappa shape index (κ3) is 8.15. The van der Waals surface area contributed by atoms with Crippen molar-refractivity contribution in [3.05, 3.63) is 0 Å². The van der Waals surface area contributed by atoms with E-state index in [-0.39, 0.29) is 53.1 Å². The van der Waals surface area contributed by atoms with E-state index in [1.165, 1.54) is 34.6 Å². The predicted octanol–water partition coefficient (Wildman–Crippen LogP) is 6.21. The summed E-state index contributed by atoms with van der Waals surface area (Å²) >= 11 is 0. The molecule has 0 aromatic rings. The number of hydrogen-bond donors (Lipinski definition) is 0. The van der Waals surface area contributed by atoms with Crippen LogP contribution < -0.4 is 0 Å². The Hall–Kier alpha value is -2.65. The van der Waals surface area contributed by atoms with Crippen molar-refractivity contribution in [2.75, 3.05) is 6.61 Å². The number of esters is 5. The van der Waals surface area contributed by atoms with Gasteiger partial charge in [0.1, 0.15) is 24.4 Å². The summed E-state index contributed by atoms with van der Waals surface area (Å²) in [5, 5.41) is 0. The molecule has 4 aliphatic rings. The van der Waals surface area contributed by atoms with Crippen LogP contribution in [-0.2, 0) is 47.7 Å². The lowest BCUT2D eigenvalue weighted by Gasteiger charge is -2.62. The largest absolute Gasteiger partial charge is 0.466 e. The summed E-state index contributed by atoms with van der Waals surface area (Å²) in [5.74, 6) is 0.0986. The van der Waals surface area contributed by atoms with Gasteiger partial charge in [0.15, 0.2) is 0 Å². The number of fused-ring (bicyclic) bond motifs is 5. The SMILES string of the molecule is CC(=O)OCC(C)C[C@@H](OC(C)=O)[C@H](OC(C)=O)[C@@H](C)[C@H]1CC[C@H]2[C@@H]3CC[C@H]4C[C@H](OC(C)=O)[C@H](OC(C)=O)C[C@]4(C)[C@H]3CC[C@]12C. The fourth-order valence-electron chi connectivity index (χ4n) is 10.9. The molecule has 0 aliphatic heterocycles. The van der Waals surface area contributed by atoms with E-state index >= 15 is 0 Å². The molecule has 4 fully saturated rings. The molecular weight excluding hydrogens is 604 g/mol. The highest BCUT2D eigenvalue weighted by molar-refractivity contribution is 5.68. The van der Waals surface area contributed by atoms with Gasteiger partial charge in [-0.05, 0) is 104 Å². The summed E-state index contributed by atoms with van der Waals surface area (Å²) in [7, 11) is 0. The van der Waals surface area contributed by atoms with Gasteiger partial charge >= 0.3 is 29.8 Å². The van der Waals surface area contributed by atoms with Gasteiger partial charge < -0.3 is 23.7 Å². The molecule has 266 valence electrons. The average Bonchev–Trinajstić information content (AvgIpc) is 3.31. The van der Waals surface area contributed by atoms with Crippen LogP contribution in [0.25, 0.3) is 0 Å². The lowest BCUT2D eigenvalue weighted by molar-refractivity contribution is -0.196. The zero-order valence-electron chi connectivity index (χ0n) is 30.0. The topological polar surface area (TPSA) is 132 Å². The van der Waals surface area contributed by atoms with E-state index in [9.17, 15) is 24.0 Å². The van der Waals surface area contributed by atoms with Gasteiger partial charge in [0.2, 0.25) is 0 Å². The molecule has 0 spiro atoms. The molecule has 10 nitrogen and oxygen atoms in total. The molecule has 10 heteroatoms. The molecule has 1 unspecified atom stereocenters. The van der Waals surface area contributed by atoms with Crippen LogP contribution in [0, 0.1) is 52.3 Å². The molecule has 0 N–H and O–H groups in total. The molecule has 0 radical (unpaired) electrons. The van der Waals surface area contributed by atoms with Gasteiger partial charge in [-0.2, -0.15) is 0 Å². The second-order valence-electron chi connectivity index (χ2n) is 15.8. The maximum Gasteiger partial charge on any atom is 0.303 e. The molecular formula is C37H58O10. The Morgan fingerprint density at radius 3 is 1.91 bits per heavy atom. The fourth-order valence-corrected chi connectivity index (χ4v) is 10.9. The van der Waals surface area contributed by atoms with Crippen molar-refractivity contribution in [3.63, 3.8) is 0 Å². The normalized spacial score (nSPS) is 37.0. The van der Waals surface area contributed by atoms with Gasteiger partial charge in [-0.25, -0.2) is 0 Å². The van der Waals surface area contributed by atoms with E-state index in [0.717, 1.165) is 44.9 Å². The van der Waals surface area contributed by atoms with Crippen molar-refractivity contribution in [2.45, 2.75) is 145 Å². The molecule has 13 atom stereocenters. The molecule has 0 saturated heterocycles. The van der Waals surface area contributed by atoms with Crippen LogP contribution in [0.1, 0.15) is 120 Å². The smallest absolute Gasteiger partial charge is 0.303 e. The Morgan fingerprint density at radius 1 is 0.702 bits per heavy atom. The Morgan fingerprint density at radius 2 is 1.32 bits per heavy atom. The van der Waals surface area contributed by atoms with Gasteiger partial charge in [0.05, 0.1) is 6.61 Å². The highest BCUT2D eigenvalue weighted by Gasteiger charge is 2.63. The molecule has 4 saturated carbocycles. The van der Waals surface area contributed by atoms with Gasteiger partial charge in [-0.15, -0.1) is 0 Å². The van der Waals surface area contributed by atoms with E-state index in [2.05, 4.69) is 20.8 Å². The average molecular weight is 663 g/mol. The predicted molar refractivity (Wildman–Crippen MR) is 172 cm³/mol. The van der Waals surface area contributed by atoms with Crippen LogP contribution >= 0.6 is 0 Å². The molecule has 4 aliphatic carbocycles. The lowest BCUT2D eigenvalue weighted by Crippen LogP contribution is -2.58. The summed E-state index contributed by atoms with van der Waals surface area (Å²) in [6.07, 6.45) is 6.07. The summed E-state index contributed by atoms with van der Waals surface area (Å²) in [4.78, 5) is 60.2. The standard InChI is InChI=1S/C37H58O10/c1-20(19-43-22(3)38)16-33(45-24(5)40)35(47-26(7)42)21(2)29-12-13-30-28-11-10-27-17-32(44-23(4)39)34(46-25(6)41)18-37(27,9)31(28)14-15-36(29,30)8/h20-21,27-35H,10-19H2,1-9H3/t20?,21-,27-,28-,29+,30-,31-,32-,33+,34+,35+,36+,37-/m0/s1. The number of carbonyl (C=O) groups excluding carboxylic acids is 5. The molecule has 0 bridgehead atoms. The number of rotatable bonds is 11. The summed E-state index contributed by atoms with van der Waals surface area (Å²) in [5.41, 5.74) is 0.0000339. The van der Waals surface area contributed by atoms with Crippen molar-refractivity contribution in [1.82, 2.24) is 0 Å². The third-order valence-corrected chi connectivity index (χ3v) is 12.7. The quantitative estimate of drug-likeness (QED) is 0.186. The Bertz CT molecular complexity index is 1180. The summed E-state index contributed by atoms with van der Waals surface area (Å²) in [6.45, 7) is 16.0. The van der Waals surface area contributed by atoms with Gasteiger partial charge in [0.25, 0.3) is 0 Å².